The van der Waals surface area contributed by atoms with E-state index in [0.717, 1.165) is 65.0 Å². The Morgan fingerprint density at radius 3 is 2.34 bits per heavy atom. The first-order valence-electron chi connectivity index (χ1n) is 16.9. The number of rotatable bonds is 11. The van der Waals surface area contributed by atoms with E-state index in [1.54, 1.807) is 0 Å². The lowest BCUT2D eigenvalue weighted by atomic mass is 9.99. The first-order valence-corrected chi connectivity index (χ1v) is 16.9. The maximum Gasteiger partial charge on any atom is 0.0371 e. The van der Waals surface area contributed by atoms with E-state index in [1.165, 1.54) is 69.6 Å². The van der Waals surface area contributed by atoms with Crippen molar-refractivity contribution >= 4 is 5.70 Å². The number of terminal acetylenes is 1. The fraction of sp³-hybridized carbons (Fsp3) is 0.463. The van der Waals surface area contributed by atoms with Crippen molar-refractivity contribution in [3.63, 3.8) is 0 Å². The molecule has 2 heterocycles. The van der Waals surface area contributed by atoms with Gasteiger partial charge >= 0.3 is 0 Å². The van der Waals surface area contributed by atoms with Gasteiger partial charge in [0.15, 0.2) is 0 Å². The minimum atomic E-state index is 0.550. The molecule has 0 amide bonds. The monoisotopic (exact) mass is 591 g/mol. The molecule has 3 nitrogen and oxygen atoms in total. The molecular weight excluding hydrogens is 534 g/mol. The van der Waals surface area contributed by atoms with Crippen LogP contribution in [0.5, 0.6) is 0 Å². The molecule has 2 aromatic carbocycles. The SMILES string of the molecule is C#C.C=C(CCC1=CCCC=C1)N1CCN(C(=C)c2cccc3c2CN(C(C)CCc2ccc(C)c(CC)c2)C3)CC1.CC. The Morgan fingerprint density at radius 1 is 0.932 bits per heavy atom. The van der Waals surface area contributed by atoms with Crippen LogP contribution in [0.1, 0.15) is 93.2 Å². The quantitative estimate of drug-likeness (QED) is 0.241. The van der Waals surface area contributed by atoms with Crippen molar-refractivity contribution in [1.82, 2.24) is 14.7 Å². The standard InChI is InChI=1S/C37H49N3.C2H6.C2H2/c1-6-34-25-33(18-15-28(34)2)20-17-30(4)40-26-35-13-10-14-36(37(35)27-40)31(5)39-23-21-38(22-24-39)29(3)16-19-32-11-8-7-9-12-32;2*1-2/h8,10-15,18,25,30H,3,5-7,9,16-17,19-24,26-27H2,1-2,4H3;1-2H3;1-2H. The minimum absolute atomic E-state index is 0.550. The second-order valence-electron chi connectivity index (χ2n) is 12.1. The molecule has 5 rings (SSSR count). The van der Waals surface area contributed by atoms with Crippen LogP contribution in [0.25, 0.3) is 5.70 Å². The highest BCUT2D eigenvalue weighted by atomic mass is 15.3. The van der Waals surface area contributed by atoms with Crippen LogP contribution in [0.4, 0.5) is 0 Å². The molecule has 0 aromatic heterocycles. The average molecular weight is 592 g/mol. The summed E-state index contributed by atoms with van der Waals surface area (Å²) in [5.41, 5.74) is 12.6. The maximum atomic E-state index is 4.61. The molecule has 1 saturated heterocycles. The number of nitrogens with zero attached hydrogens (tertiary/aromatic N) is 3. The summed E-state index contributed by atoms with van der Waals surface area (Å²) in [6.45, 7) is 26.1. The average Bonchev–Trinajstić information content (AvgIpc) is 3.54. The molecule has 0 bridgehead atoms. The van der Waals surface area contributed by atoms with Gasteiger partial charge in [0, 0.05) is 62.3 Å². The van der Waals surface area contributed by atoms with Crippen molar-refractivity contribution in [2.45, 2.75) is 98.7 Å². The molecule has 0 N–H and O–H groups in total. The van der Waals surface area contributed by atoms with Gasteiger partial charge in [0.2, 0.25) is 0 Å². The number of hydrogen-bond donors (Lipinski definition) is 0. The van der Waals surface area contributed by atoms with Gasteiger partial charge in [-0.05, 0) is 86.6 Å². The van der Waals surface area contributed by atoms with Gasteiger partial charge < -0.3 is 9.80 Å². The number of allylic oxidation sites excluding steroid dienone is 5. The maximum absolute atomic E-state index is 4.61. The molecule has 2 aromatic rings. The van der Waals surface area contributed by atoms with Crippen LogP contribution in [-0.2, 0) is 25.9 Å². The van der Waals surface area contributed by atoms with E-state index in [0.29, 0.717) is 6.04 Å². The van der Waals surface area contributed by atoms with Crippen molar-refractivity contribution in [1.29, 1.82) is 0 Å². The van der Waals surface area contributed by atoms with Gasteiger partial charge in [0.1, 0.15) is 0 Å². The number of benzene rings is 2. The van der Waals surface area contributed by atoms with Crippen LogP contribution in [0, 0.1) is 19.8 Å². The minimum Gasteiger partial charge on any atom is -0.372 e. The number of aryl methyl sites for hydroxylation is 3. The normalized spacial score (nSPS) is 16.6. The van der Waals surface area contributed by atoms with E-state index < -0.39 is 0 Å². The van der Waals surface area contributed by atoms with Crippen LogP contribution in [-0.4, -0.2) is 46.9 Å². The Morgan fingerprint density at radius 2 is 1.66 bits per heavy atom. The molecule has 44 heavy (non-hydrogen) atoms. The van der Waals surface area contributed by atoms with Crippen molar-refractivity contribution in [3.05, 3.63) is 112 Å². The topological polar surface area (TPSA) is 9.72 Å². The summed E-state index contributed by atoms with van der Waals surface area (Å²) in [4.78, 5) is 7.66. The smallest absolute Gasteiger partial charge is 0.0371 e. The van der Waals surface area contributed by atoms with Crippen molar-refractivity contribution in [2.75, 3.05) is 26.2 Å². The van der Waals surface area contributed by atoms with Gasteiger partial charge in [-0.15, -0.1) is 12.8 Å². The molecule has 0 radical (unpaired) electrons. The summed E-state index contributed by atoms with van der Waals surface area (Å²) >= 11 is 0. The molecule has 1 aliphatic carbocycles. The van der Waals surface area contributed by atoms with Crippen LogP contribution in [0.15, 0.2) is 79.1 Å². The van der Waals surface area contributed by atoms with Gasteiger partial charge in [0.05, 0.1) is 0 Å². The predicted molar refractivity (Wildman–Crippen MR) is 192 cm³/mol. The first-order chi connectivity index (χ1) is 21.4. The summed E-state index contributed by atoms with van der Waals surface area (Å²) in [6.07, 6.45) is 23.0. The Kier molecular flexibility index (Phi) is 14.1. The third-order valence-electron chi connectivity index (χ3n) is 9.47. The highest BCUT2D eigenvalue weighted by Gasteiger charge is 2.28. The van der Waals surface area contributed by atoms with E-state index in [9.17, 15) is 0 Å². The molecule has 3 aliphatic rings. The van der Waals surface area contributed by atoms with Gasteiger partial charge in [0.25, 0.3) is 0 Å². The summed E-state index contributed by atoms with van der Waals surface area (Å²) in [7, 11) is 0. The molecule has 1 fully saturated rings. The fourth-order valence-electron chi connectivity index (χ4n) is 6.61. The molecule has 0 spiro atoms. The Balaban J connectivity index is 0.00000127. The molecule has 0 saturated carbocycles. The fourth-order valence-corrected chi connectivity index (χ4v) is 6.61. The lowest BCUT2D eigenvalue weighted by molar-refractivity contribution is 0.202. The van der Waals surface area contributed by atoms with E-state index >= 15 is 0 Å². The number of fused-ring (bicyclic) bond motifs is 1. The second-order valence-corrected chi connectivity index (χ2v) is 12.1. The summed E-state index contributed by atoms with van der Waals surface area (Å²) in [5.74, 6) is 0. The number of hydrogen-bond acceptors (Lipinski definition) is 3. The largest absolute Gasteiger partial charge is 0.372 e. The zero-order chi connectivity index (χ0) is 32.1. The molecule has 2 aliphatic heterocycles. The Hall–Kier alpha value is -3.48. The van der Waals surface area contributed by atoms with Gasteiger partial charge in [-0.2, -0.15) is 0 Å². The molecule has 236 valence electrons. The zero-order valence-electron chi connectivity index (χ0n) is 28.4. The van der Waals surface area contributed by atoms with Gasteiger partial charge in [-0.1, -0.05) is 94.1 Å². The third kappa shape index (κ3) is 9.02. The van der Waals surface area contributed by atoms with Crippen LogP contribution >= 0.6 is 0 Å². The van der Waals surface area contributed by atoms with Gasteiger partial charge in [-0.25, -0.2) is 0 Å². The Bertz CT molecular complexity index is 1320. The summed E-state index contributed by atoms with van der Waals surface area (Å²) in [6, 6.07) is 14.4. The van der Waals surface area contributed by atoms with E-state index in [-0.39, 0.29) is 0 Å². The van der Waals surface area contributed by atoms with E-state index in [4.69, 9.17) is 0 Å². The molecule has 3 heteroatoms. The van der Waals surface area contributed by atoms with Crippen LogP contribution < -0.4 is 0 Å². The summed E-state index contributed by atoms with van der Waals surface area (Å²) in [5, 5.41) is 0. The summed E-state index contributed by atoms with van der Waals surface area (Å²) < 4.78 is 0. The van der Waals surface area contributed by atoms with Crippen molar-refractivity contribution in [2.24, 2.45) is 0 Å². The lowest BCUT2D eigenvalue weighted by Crippen LogP contribution is -2.44. The highest BCUT2D eigenvalue weighted by Crippen LogP contribution is 2.33. The first kappa shape index (κ1) is 35.0. The molecule has 1 unspecified atom stereocenters. The predicted octanol–water partition coefficient (Wildman–Crippen LogP) is 9.33. The van der Waals surface area contributed by atoms with Crippen molar-refractivity contribution < 1.29 is 0 Å². The highest BCUT2D eigenvalue weighted by molar-refractivity contribution is 5.67. The molecule has 1 atom stereocenters. The van der Waals surface area contributed by atoms with Crippen molar-refractivity contribution in [3.8, 4) is 12.8 Å². The Labute approximate surface area is 270 Å². The van der Waals surface area contributed by atoms with E-state index in [2.05, 4.69) is 116 Å². The van der Waals surface area contributed by atoms with Crippen LogP contribution in [0.2, 0.25) is 0 Å². The zero-order valence-corrected chi connectivity index (χ0v) is 28.4. The van der Waals surface area contributed by atoms with E-state index in [1.807, 2.05) is 13.8 Å². The lowest BCUT2D eigenvalue weighted by Gasteiger charge is -2.39. The second kappa shape index (κ2) is 17.7. The third-order valence-corrected chi connectivity index (χ3v) is 9.47. The molecular formula is C41H57N3. The van der Waals surface area contributed by atoms with Gasteiger partial charge in [-0.3, -0.25) is 4.90 Å². The van der Waals surface area contributed by atoms with Crippen LogP contribution in [0.3, 0.4) is 0 Å². The number of piperazine rings is 1.